The van der Waals surface area contributed by atoms with Crippen molar-refractivity contribution in [3.63, 3.8) is 0 Å². The van der Waals surface area contributed by atoms with Gasteiger partial charge in [-0.25, -0.2) is 0 Å². The van der Waals surface area contributed by atoms with Crippen molar-refractivity contribution in [1.29, 1.82) is 0 Å². The Morgan fingerprint density at radius 3 is 2.92 bits per heavy atom. The summed E-state index contributed by atoms with van der Waals surface area (Å²) in [4.78, 5) is 0. The lowest BCUT2D eigenvalue weighted by molar-refractivity contribution is 0.665. The average Bonchev–Trinajstić information content (AvgIpc) is 2.65. The van der Waals surface area contributed by atoms with Crippen molar-refractivity contribution in [3.05, 3.63) is 38.8 Å². The number of hydrogen-bond acceptors (Lipinski definition) is 2. The van der Waals surface area contributed by atoms with Crippen molar-refractivity contribution < 1.29 is 0 Å². The maximum atomic E-state index is 4.23. The van der Waals surface area contributed by atoms with E-state index in [1.165, 1.54) is 15.0 Å². The van der Waals surface area contributed by atoms with Gasteiger partial charge in [0.2, 0.25) is 0 Å². The van der Waals surface area contributed by atoms with Crippen LogP contribution in [0.3, 0.4) is 0 Å². The minimum absolute atomic E-state index is 0.850. The Kier molecular flexibility index (Phi) is 2.51. The zero-order valence-electron chi connectivity index (χ0n) is 7.20. The second kappa shape index (κ2) is 3.64. The van der Waals surface area contributed by atoms with Gasteiger partial charge in [0.25, 0.3) is 0 Å². The maximum absolute atomic E-state index is 4.23. The third-order valence-corrected chi connectivity index (χ3v) is 3.75. The molecular weight excluding hydrogens is 248 g/mol. The number of aryl methyl sites for hydroxylation is 1. The number of aromatic nitrogens is 2. The quantitative estimate of drug-likeness (QED) is 0.808. The van der Waals surface area contributed by atoms with Crippen molar-refractivity contribution in [2.75, 3.05) is 0 Å². The Balaban J connectivity index is 2.24. The van der Waals surface area contributed by atoms with Crippen LogP contribution in [-0.4, -0.2) is 9.78 Å². The van der Waals surface area contributed by atoms with Crippen LogP contribution in [0.2, 0.25) is 0 Å². The molecule has 2 nitrogen and oxygen atoms in total. The zero-order valence-corrected chi connectivity index (χ0v) is 9.60. The molecule has 2 aromatic rings. The predicted octanol–water partition coefficient (Wildman–Crippen LogP) is 3.06. The lowest BCUT2D eigenvalue weighted by Crippen LogP contribution is -2.02. The first-order valence-electron chi connectivity index (χ1n) is 3.97. The molecule has 0 fully saturated rings. The summed E-state index contributed by atoms with van der Waals surface area (Å²) in [6.07, 6.45) is 1.83. The van der Waals surface area contributed by atoms with Crippen molar-refractivity contribution in [2.45, 2.75) is 13.5 Å². The van der Waals surface area contributed by atoms with E-state index in [0.29, 0.717) is 0 Å². The second-order valence-corrected chi connectivity index (χ2v) is 5.08. The highest BCUT2D eigenvalue weighted by Crippen LogP contribution is 2.24. The summed E-state index contributed by atoms with van der Waals surface area (Å²) in [5.41, 5.74) is 2.48. The van der Waals surface area contributed by atoms with Gasteiger partial charge in [-0.15, -0.1) is 11.3 Å². The fourth-order valence-electron chi connectivity index (χ4n) is 1.16. The monoisotopic (exact) mass is 256 g/mol. The molecule has 0 unspecified atom stereocenters. The van der Waals surface area contributed by atoms with Crippen LogP contribution < -0.4 is 0 Å². The molecule has 0 bridgehead atoms. The summed E-state index contributed by atoms with van der Waals surface area (Å²) < 4.78 is 3.19. The molecule has 0 aliphatic rings. The Hall–Kier alpha value is -0.610. The largest absolute Gasteiger partial charge is 0.265 e. The number of hydrogen-bond donors (Lipinski definition) is 0. The van der Waals surface area contributed by atoms with Crippen LogP contribution in [0.5, 0.6) is 0 Å². The van der Waals surface area contributed by atoms with E-state index < -0.39 is 0 Å². The third kappa shape index (κ3) is 1.84. The molecule has 2 rings (SSSR count). The minimum atomic E-state index is 0.850. The van der Waals surface area contributed by atoms with Gasteiger partial charge in [0, 0.05) is 11.9 Å². The molecule has 0 N–H and O–H groups in total. The van der Waals surface area contributed by atoms with Crippen molar-refractivity contribution in [1.82, 2.24) is 9.78 Å². The molecule has 4 heteroatoms. The second-order valence-electron chi connectivity index (χ2n) is 2.85. The summed E-state index contributed by atoms with van der Waals surface area (Å²) in [5, 5.41) is 6.31. The molecule has 68 valence electrons. The van der Waals surface area contributed by atoms with E-state index in [9.17, 15) is 0 Å². The van der Waals surface area contributed by atoms with E-state index in [0.717, 1.165) is 6.54 Å². The standard InChI is InChI=1S/C9H9BrN2S/c1-7-2-4-11-12(7)6-8-3-5-13-9(8)10/h2-5H,6H2,1H3. The van der Waals surface area contributed by atoms with Crippen LogP contribution in [0.25, 0.3) is 0 Å². The number of thiophene rings is 1. The molecule has 0 spiro atoms. The van der Waals surface area contributed by atoms with Gasteiger partial charge in [-0.2, -0.15) is 5.10 Å². The molecule has 0 amide bonds. The summed E-state index contributed by atoms with van der Waals surface area (Å²) in [6, 6.07) is 4.14. The van der Waals surface area contributed by atoms with E-state index in [-0.39, 0.29) is 0 Å². The first kappa shape index (κ1) is 8.97. The van der Waals surface area contributed by atoms with Crippen LogP contribution in [0.1, 0.15) is 11.3 Å². The molecule has 0 saturated heterocycles. The van der Waals surface area contributed by atoms with Gasteiger partial charge >= 0.3 is 0 Å². The summed E-state index contributed by atoms with van der Waals surface area (Å²) in [7, 11) is 0. The summed E-state index contributed by atoms with van der Waals surface area (Å²) in [5.74, 6) is 0. The van der Waals surface area contributed by atoms with Gasteiger partial charge in [-0.05, 0) is 45.9 Å². The topological polar surface area (TPSA) is 17.8 Å². The molecular formula is C9H9BrN2S. The van der Waals surface area contributed by atoms with E-state index in [1.807, 2.05) is 16.9 Å². The summed E-state index contributed by atoms with van der Waals surface area (Å²) in [6.45, 7) is 2.91. The number of rotatable bonds is 2. The van der Waals surface area contributed by atoms with Crippen LogP contribution >= 0.6 is 27.3 Å². The lowest BCUT2D eigenvalue weighted by atomic mass is 10.3. The van der Waals surface area contributed by atoms with Gasteiger partial charge < -0.3 is 0 Å². The first-order chi connectivity index (χ1) is 6.27. The third-order valence-electron chi connectivity index (χ3n) is 1.94. The van der Waals surface area contributed by atoms with Crippen LogP contribution in [0.4, 0.5) is 0 Å². The van der Waals surface area contributed by atoms with Crippen LogP contribution in [-0.2, 0) is 6.54 Å². The highest BCUT2D eigenvalue weighted by Gasteiger charge is 2.03. The van der Waals surface area contributed by atoms with E-state index in [1.54, 1.807) is 11.3 Å². The van der Waals surface area contributed by atoms with Gasteiger partial charge in [0.05, 0.1) is 10.3 Å². The summed E-state index contributed by atoms with van der Waals surface area (Å²) >= 11 is 5.22. The molecule has 0 atom stereocenters. The highest BCUT2D eigenvalue weighted by molar-refractivity contribution is 9.11. The molecule has 13 heavy (non-hydrogen) atoms. The van der Waals surface area contributed by atoms with Gasteiger partial charge in [-0.1, -0.05) is 0 Å². The normalized spacial score (nSPS) is 10.6. The molecule has 0 aliphatic carbocycles. The van der Waals surface area contributed by atoms with Crippen molar-refractivity contribution in [3.8, 4) is 0 Å². The molecule has 2 aromatic heterocycles. The van der Waals surface area contributed by atoms with Crippen LogP contribution in [0, 0.1) is 6.92 Å². The Morgan fingerprint density at radius 1 is 1.54 bits per heavy atom. The Bertz CT molecular complexity index is 367. The lowest BCUT2D eigenvalue weighted by Gasteiger charge is -2.02. The van der Waals surface area contributed by atoms with Crippen molar-refractivity contribution in [2.24, 2.45) is 0 Å². The molecule has 0 aromatic carbocycles. The van der Waals surface area contributed by atoms with E-state index in [4.69, 9.17) is 0 Å². The molecule has 2 heterocycles. The van der Waals surface area contributed by atoms with Gasteiger partial charge in [0.1, 0.15) is 0 Å². The fourth-order valence-corrected chi connectivity index (χ4v) is 2.37. The fraction of sp³-hybridized carbons (Fsp3) is 0.222. The number of halogens is 1. The van der Waals surface area contributed by atoms with E-state index >= 15 is 0 Å². The van der Waals surface area contributed by atoms with Gasteiger partial charge in [-0.3, -0.25) is 4.68 Å². The smallest absolute Gasteiger partial charge is 0.0749 e. The van der Waals surface area contributed by atoms with Gasteiger partial charge in [0.15, 0.2) is 0 Å². The zero-order chi connectivity index (χ0) is 9.26. The Labute approximate surface area is 89.3 Å². The molecule has 0 radical (unpaired) electrons. The average molecular weight is 257 g/mol. The van der Waals surface area contributed by atoms with Crippen LogP contribution in [0.15, 0.2) is 27.5 Å². The maximum Gasteiger partial charge on any atom is 0.0749 e. The minimum Gasteiger partial charge on any atom is -0.265 e. The first-order valence-corrected chi connectivity index (χ1v) is 5.65. The number of nitrogens with zero attached hydrogens (tertiary/aromatic N) is 2. The predicted molar refractivity (Wildman–Crippen MR) is 58.1 cm³/mol. The van der Waals surface area contributed by atoms with E-state index in [2.05, 4.69) is 39.4 Å². The molecule has 0 aliphatic heterocycles. The van der Waals surface area contributed by atoms with Crippen molar-refractivity contribution >= 4 is 27.3 Å². The highest BCUT2D eigenvalue weighted by atomic mass is 79.9. The SMILES string of the molecule is Cc1ccnn1Cc1ccsc1Br. The molecule has 0 saturated carbocycles. The Morgan fingerprint density at radius 2 is 2.38 bits per heavy atom.